The lowest BCUT2D eigenvalue weighted by Gasteiger charge is -2.20. The van der Waals surface area contributed by atoms with Crippen LogP contribution in [0.4, 0.5) is 10.5 Å². The Balaban J connectivity index is 1.86. The first-order valence-electron chi connectivity index (χ1n) is 6.74. The molecule has 2 amide bonds. The first kappa shape index (κ1) is 12.5. The van der Waals surface area contributed by atoms with Crippen LogP contribution < -0.4 is 5.32 Å². The minimum absolute atomic E-state index is 0.189. The van der Waals surface area contributed by atoms with Crippen LogP contribution in [0.5, 0.6) is 0 Å². The normalized spacial score (nSPS) is 17.9. The van der Waals surface area contributed by atoms with Gasteiger partial charge in [-0.05, 0) is 24.3 Å². The van der Waals surface area contributed by atoms with E-state index >= 15 is 0 Å². The summed E-state index contributed by atoms with van der Waals surface area (Å²) in [5, 5.41) is 14.1. The van der Waals surface area contributed by atoms with E-state index in [1.165, 1.54) is 0 Å². The second-order valence-electron chi connectivity index (χ2n) is 4.94. The third-order valence-corrected chi connectivity index (χ3v) is 3.69. The molecule has 4 nitrogen and oxygen atoms in total. The van der Waals surface area contributed by atoms with Crippen LogP contribution in [0, 0.1) is 11.3 Å². The second kappa shape index (κ2) is 5.22. The number of likely N-dealkylation sites (tertiary alicyclic amines) is 1. The fourth-order valence-corrected chi connectivity index (χ4v) is 2.67. The first-order valence-corrected chi connectivity index (χ1v) is 6.74. The molecular formula is C16H15N3O. The Morgan fingerprint density at radius 2 is 2.05 bits per heavy atom. The number of amides is 2. The molecule has 0 saturated carbocycles. The lowest BCUT2D eigenvalue weighted by molar-refractivity contribution is 0.215. The number of urea groups is 1. The summed E-state index contributed by atoms with van der Waals surface area (Å²) in [6, 6.07) is 15.4. The Bertz CT molecular complexity index is 684. The largest absolute Gasteiger partial charge is 0.322 e. The maximum absolute atomic E-state index is 12.3. The van der Waals surface area contributed by atoms with Gasteiger partial charge in [-0.1, -0.05) is 36.4 Å². The SMILES string of the molecule is N#CC1CCCN1C(=O)Nc1cccc2ccccc12. The number of rotatable bonds is 1. The van der Waals surface area contributed by atoms with Crippen molar-refractivity contribution in [2.24, 2.45) is 0 Å². The fraction of sp³-hybridized carbons (Fsp3) is 0.250. The van der Waals surface area contributed by atoms with E-state index in [2.05, 4.69) is 11.4 Å². The van der Waals surface area contributed by atoms with Crippen LogP contribution in [-0.4, -0.2) is 23.5 Å². The van der Waals surface area contributed by atoms with E-state index in [1.54, 1.807) is 4.90 Å². The highest BCUT2D eigenvalue weighted by Crippen LogP contribution is 2.24. The third-order valence-electron chi connectivity index (χ3n) is 3.69. The average molecular weight is 265 g/mol. The molecule has 2 aromatic carbocycles. The molecular weight excluding hydrogens is 250 g/mol. The molecule has 4 heteroatoms. The number of hydrogen-bond acceptors (Lipinski definition) is 2. The molecule has 0 radical (unpaired) electrons. The molecule has 3 rings (SSSR count). The Morgan fingerprint density at radius 1 is 1.25 bits per heavy atom. The molecule has 0 aliphatic carbocycles. The molecule has 0 spiro atoms. The van der Waals surface area contributed by atoms with E-state index in [9.17, 15) is 4.79 Å². The number of hydrogen-bond donors (Lipinski definition) is 1. The average Bonchev–Trinajstić information content (AvgIpc) is 2.96. The predicted molar refractivity (Wildman–Crippen MR) is 78.3 cm³/mol. The summed E-state index contributed by atoms with van der Waals surface area (Å²) in [5.74, 6) is 0. The molecule has 0 aromatic heterocycles. The summed E-state index contributed by atoms with van der Waals surface area (Å²) in [6.45, 7) is 0.648. The number of nitriles is 1. The van der Waals surface area contributed by atoms with Gasteiger partial charge < -0.3 is 10.2 Å². The Kier molecular flexibility index (Phi) is 3.26. The van der Waals surface area contributed by atoms with Crippen molar-refractivity contribution in [3.8, 4) is 6.07 Å². The van der Waals surface area contributed by atoms with Gasteiger partial charge in [0, 0.05) is 11.9 Å². The van der Waals surface area contributed by atoms with E-state index in [4.69, 9.17) is 5.26 Å². The Labute approximate surface area is 117 Å². The zero-order chi connectivity index (χ0) is 13.9. The lowest BCUT2D eigenvalue weighted by Crippen LogP contribution is -2.37. The molecule has 1 aliphatic rings. The van der Waals surface area contributed by atoms with Crippen LogP contribution >= 0.6 is 0 Å². The van der Waals surface area contributed by atoms with Crippen molar-refractivity contribution < 1.29 is 4.79 Å². The van der Waals surface area contributed by atoms with E-state index < -0.39 is 0 Å². The maximum Gasteiger partial charge on any atom is 0.322 e. The number of fused-ring (bicyclic) bond motifs is 1. The van der Waals surface area contributed by atoms with Crippen molar-refractivity contribution in [2.75, 3.05) is 11.9 Å². The summed E-state index contributed by atoms with van der Waals surface area (Å²) in [5.41, 5.74) is 0.789. The molecule has 1 saturated heterocycles. The monoisotopic (exact) mass is 265 g/mol. The second-order valence-corrected chi connectivity index (χ2v) is 4.94. The van der Waals surface area contributed by atoms with Crippen LogP contribution in [0.2, 0.25) is 0 Å². The summed E-state index contributed by atoms with van der Waals surface area (Å²) < 4.78 is 0. The van der Waals surface area contributed by atoms with Gasteiger partial charge in [-0.3, -0.25) is 0 Å². The van der Waals surface area contributed by atoms with Crippen LogP contribution in [0.3, 0.4) is 0 Å². The number of nitrogens with one attached hydrogen (secondary N) is 1. The molecule has 1 atom stereocenters. The molecule has 1 aliphatic heterocycles. The maximum atomic E-state index is 12.3. The number of nitrogens with zero attached hydrogens (tertiary/aromatic N) is 2. The van der Waals surface area contributed by atoms with Gasteiger partial charge in [0.25, 0.3) is 0 Å². The van der Waals surface area contributed by atoms with Gasteiger partial charge >= 0.3 is 6.03 Å². The van der Waals surface area contributed by atoms with Gasteiger partial charge in [0.05, 0.1) is 11.8 Å². The van der Waals surface area contributed by atoms with Gasteiger partial charge in [0.15, 0.2) is 0 Å². The first-order chi connectivity index (χ1) is 9.79. The quantitative estimate of drug-likeness (QED) is 0.859. The number of carbonyl (C=O) groups excluding carboxylic acids is 1. The molecule has 1 N–H and O–H groups in total. The van der Waals surface area contributed by atoms with Crippen LogP contribution in [0.1, 0.15) is 12.8 Å². The van der Waals surface area contributed by atoms with E-state index in [0.29, 0.717) is 6.54 Å². The highest BCUT2D eigenvalue weighted by Gasteiger charge is 2.28. The third kappa shape index (κ3) is 2.19. The molecule has 1 fully saturated rings. The fourth-order valence-electron chi connectivity index (χ4n) is 2.67. The molecule has 2 aromatic rings. The van der Waals surface area contributed by atoms with Gasteiger partial charge in [0.2, 0.25) is 0 Å². The van der Waals surface area contributed by atoms with Crippen molar-refractivity contribution in [1.82, 2.24) is 4.90 Å². The minimum Gasteiger partial charge on any atom is -0.308 e. The summed E-state index contributed by atoms with van der Waals surface area (Å²) >= 11 is 0. The molecule has 1 unspecified atom stereocenters. The van der Waals surface area contributed by atoms with E-state index in [0.717, 1.165) is 29.3 Å². The smallest absolute Gasteiger partial charge is 0.308 e. The van der Waals surface area contributed by atoms with Crippen LogP contribution in [0.15, 0.2) is 42.5 Å². The lowest BCUT2D eigenvalue weighted by atomic mass is 10.1. The summed E-state index contributed by atoms with van der Waals surface area (Å²) in [4.78, 5) is 13.9. The van der Waals surface area contributed by atoms with Crippen molar-refractivity contribution in [3.63, 3.8) is 0 Å². The minimum atomic E-state index is -0.301. The molecule has 1 heterocycles. The van der Waals surface area contributed by atoms with Crippen LogP contribution in [-0.2, 0) is 0 Å². The highest BCUT2D eigenvalue weighted by atomic mass is 16.2. The van der Waals surface area contributed by atoms with Gasteiger partial charge in [-0.2, -0.15) is 5.26 Å². The molecule has 0 bridgehead atoms. The van der Waals surface area contributed by atoms with Crippen molar-refractivity contribution in [2.45, 2.75) is 18.9 Å². The van der Waals surface area contributed by atoms with Gasteiger partial charge in [-0.15, -0.1) is 0 Å². The van der Waals surface area contributed by atoms with Crippen molar-refractivity contribution in [1.29, 1.82) is 5.26 Å². The summed E-state index contributed by atoms with van der Waals surface area (Å²) in [7, 11) is 0. The van der Waals surface area contributed by atoms with Crippen molar-refractivity contribution >= 4 is 22.5 Å². The standard InChI is InChI=1S/C16H15N3O/c17-11-13-7-4-10-19(13)16(20)18-15-9-3-6-12-5-1-2-8-14(12)15/h1-3,5-6,8-9,13H,4,7,10H2,(H,18,20). The topological polar surface area (TPSA) is 56.1 Å². The number of anilines is 1. The van der Waals surface area contributed by atoms with E-state index in [-0.39, 0.29) is 12.1 Å². The van der Waals surface area contributed by atoms with E-state index in [1.807, 2.05) is 42.5 Å². The predicted octanol–water partition coefficient (Wildman–Crippen LogP) is 3.36. The Hall–Kier alpha value is -2.54. The number of benzene rings is 2. The zero-order valence-corrected chi connectivity index (χ0v) is 11.0. The van der Waals surface area contributed by atoms with Gasteiger partial charge in [0.1, 0.15) is 6.04 Å². The zero-order valence-electron chi connectivity index (χ0n) is 11.0. The Morgan fingerprint density at radius 3 is 2.90 bits per heavy atom. The van der Waals surface area contributed by atoms with Crippen LogP contribution in [0.25, 0.3) is 10.8 Å². The highest BCUT2D eigenvalue weighted by molar-refractivity contribution is 6.01. The number of carbonyl (C=O) groups is 1. The molecule has 100 valence electrons. The molecule has 20 heavy (non-hydrogen) atoms. The van der Waals surface area contributed by atoms with Gasteiger partial charge in [-0.25, -0.2) is 4.79 Å². The summed E-state index contributed by atoms with van der Waals surface area (Å²) in [6.07, 6.45) is 1.65. The van der Waals surface area contributed by atoms with Crippen molar-refractivity contribution in [3.05, 3.63) is 42.5 Å².